The van der Waals surface area contributed by atoms with Gasteiger partial charge in [-0.2, -0.15) is 0 Å². The first-order chi connectivity index (χ1) is 27.3. The largest absolute Gasteiger partial charge is 0.228 e. The molecule has 0 aliphatic heterocycles. The van der Waals surface area contributed by atoms with Gasteiger partial charge in [0.2, 0.25) is 0 Å². The Morgan fingerprint density at radius 1 is 0.321 bits per heavy atom. The molecule has 268 valence electrons. The van der Waals surface area contributed by atoms with Gasteiger partial charge in [0.05, 0.1) is 11.4 Å². The Hall–Kier alpha value is -6.64. The summed E-state index contributed by atoms with van der Waals surface area (Å²) in [4.78, 5) is 10.0. The highest BCUT2D eigenvalue weighted by Gasteiger charge is 2.44. The van der Waals surface area contributed by atoms with Crippen LogP contribution in [-0.4, -0.2) is 9.97 Å². The molecule has 56 heavy (non-hydrogen) atoms. The van der Waals surface area contributed by atoms with Gasteiger partial charge in [-0.3, -0.25) is 0 Å². The zero-order chi connectivity index (χ0) is 38.0. The Bertz CT molecular complexity index is 2770. The van der Waals surface area contributed by atoms with Crippen molar-refractivity contribution >= 4 is 11.1 Å². The van der Waals surface area contributed by atoms with Gasteiger partial charge in [0.15, 0.2) is 5.82 Å². The summed E-state index contributed by atoms with van der Waals surface area (Å²) in [5.41, 5.74) is 20.4. The Kier molecular flexibility index (Phi) is 7.87. The van der Waals surface area contributed by atoms with Crippen molar-refractivity contribution in [3.8, 4) is 56.2 Å². The Morgan fingerprint density at radius 2 is 0.786 bits per heavy atom. The lowest BCUT2D eigenvalue weighted by atomic mass is 9.71. The highest BCUT2D eigenvalue weighted by atomic mass is 14.9. The quantitative estimate of drug-likeness (QED) is 0.177. The molecule has 7 aromatic carbocycles. The molecule has 0 saturated heterocycles. The molecule has 0 bridgehead atoms. The van der Waals surface area contributed by atoms with Crippen molar-refractivity contribution in [3.63, 3.8) is 0 Å². The average Bonchev–Trinajstić information content (AvgIpc) is 3.44. The molecule has 0 amide bonds. The summed E-state index contributed by atoms with van der Waals surface area (Å²) in [5, 5.41) is 0. The van der Waals surface area contributed by atoms with Crippen LogP contribution in [0.5, 0.6) is 0 Å². The second kappa shape index (κ2) is 13.0. The van der Waals surface area contributed by atoms with E-state index >= 15 is 0 Å². The fourth-order valence-electron chi connectivity index (χ4n) is 9.21. The Morgan fingerprint density at radius 3 is 1.46 bits per heavy atom. The van der Waals surface area contributed by atoms with E-state index in [-0.39, 0.29) is 10.8 Å². The van der Waals surface area contributed by atoms with Crippen molar-refractivity contribution in [1.29, 1.82) is 0 Å². The fraction of sp³-hybridized carbons (Fsp3) is 0.111. The normalized spacial score (nSPS) is 14.6. The standard InChI is InChI=1S/C54H42N2/c1-53(2)46-25-14-12-23-44(46)51-50(42-22-11-13-24-45(42)54(51,3)4)43-31-30-41(33-47(43)53)40-21-15-20-39(32-40)35-26-28-37(29-27-35)49-34-48(36-16-7-5-8-17-36)55-52(56-49)38-18-9-6-10-19-38/h5-34H,1-4H3. The highest BCUT2D eigenvalue weighted by Crippen LogP contribution is 2.58. The fourth-order valence-corrected chi connectivity index (χ4v) is 9.21. The molecule has 0 fully saturated rings. The lowest BCUT2D eigenvalue weighted by molar-refractivity contribution is 0.634. The van der Waals surface area contributed by atoms with E-state index in [1.165, 1.54) is 66.8 Å². The van der Waals surface area contributed by atoms with E-state index in [0.29, 0.717) is 0 Å². The number of benzene rings is 7. The van der Waals surface area contributed by atoms with Crippen LogP contribution in [0.25, 0.3) is 67.3 Å². The van der Waals surface area contributed by atoms with Crippen LogP contribution in [-0.2, 0) is 10.8 Å². The van der Waals surface area contributed by atoms with Gasteiger partial charge < -0.3 is 0 Å². The van der Waals surface area contributed by atoms with Crippen LogP contribution in [0.1, 0.15) is 61.1 Å². The predicted molar refractivity (Wildman–Crippen MR) is 233 cm³/mol. The minimum atomic E-state index is -0.202. The van der Waals surface area contributed by atoms with Crippen molar-refractivity contribution < 1.29 is 0 Å². The second-order valence-electron chi connectivity index (χ2n) is 16.2. The SMILES string of the molecule is CC1(C)C2=C(c3ccccc31)c1ccc(-c3cccc(-c4ccc(-c5cc(-c6ccccc6)nc(-c6ccccc6)n5)cc4)c3)cc1C(C)(C)c1ccccc12. The third-order valence-electron chi connectivity index (χ3n) is 12.1. The molecule has 0 unspecified atom stereocenters. The van der Waals surface area contributed by atoms with E-state index < -0.39 is 0 Å². The maximum atomic E-state index is 5.05. The summed E-state index contributed by atoms with van der Waals surface area (Å²) >= 11 is 0. The summed E-state index contributed by atoms with van der Waals surface area (Å²) in [7, 11) is 0. The van der Waals surface area contributed by atoms with E-state index in [9.17, 15) is 0 Å². The van der Waals surface area contributed by atoms with Crippen molar-refractivity contribution in [1.82, 2.24) is 9.97 Å². The molecule has 2 aliphatic rings. The maximum absolute atomic E-state index is 5.05. The molecular formula is C54H42N2. The highest BCUT2D eigenvalue weighted by molar-refractivity contribution is 6.09. The van der Waals surface area contributed by atoms with Crippen molar-refractivity contribution in [2.45, 2.75) is 38.5 Å². The third kappa shape index (κ3) is 5.47. The van der Waals surface area contributed by atoms with Crippen LogP contribution in [0.3, 0.4) is 0 Å². The predicted octanol–water partition coefficient (Wildman–Crippen LogP) is 13.7. The number of rotatable bonds is 5. The molecule has 0 atom stereocenters. The topological polar surface area (TPSA) is 25.8 Å². The van der Waals surface area contributed by atoms with Crippen molar-refractivity contribution in [3.05, 3.63) is 215 Å². The first kappa shape index (κ1) is 33.9. The minimum Gasteiger partial charge on any atom is -0.228 e. The number of fused-ring (bicyclic) bond motifs is 6. The van der Waals surface area contributed by atoms with Crippen LogP contribution in [0, 0.1) is 0 Å². The van der Waals surface area contributed by atoms with Crippen LogP contribution < -0.4 is 0 Å². The Balaban J connectivity index is 1.04. The van der Waals surface area contributed by atoms with Gasteiger partial charge in [-0.1, -0.05) is 191 Å². The average molecular weight is 719 g/mol. The summed E-state index contributed by atoms with van der Waals surface area (Å²) < 4.78 is 0. The summed E-state index contributed by atoms with van der Waals surface area (Å²) in [6.07, 6.45) is 0. The second-order valence-corrected chi connectivity index (χ2v) is 16.2. The summed E-state index contributed by atoms with van der Waals surface area (Å²) in [5.74, 6) is 0.722. The van der Waals surface area contributed by atoms with Crippen molar-refractivity contribution in [2.75, 3.05) is 0 Å². The van der Waals surface area contributed by atoms with E-state index in [1.54, 1.807) is 0 Å². The lowest BCUT2D eigenvalue weighted by Gasteiger charge is -2.32. The van der Waals surface area contributed by atoms with E-state index in [4.69, 9.17) is 9.97 Å². The van der Waals surface area contributed by atoms with Gasteiger partial charge >= 0.3 is 0 Å². The third-order valence-corrected chi connectivity index (χ3v) is 12.1. The van der Waals surface area contributed by atoms with Gasteiger partial charge in [-0.05, 0) is 85.0 Å². The molecule has 2 heteroatoms. The summed E-state index contributed by atoms with van der Waals surface area (Å²) in [6, 6.07) is 65.7. The number of nitrogens with zero attached hydrogens (tertiary/aromatic N) is 2. The molecule has 0 N–H and O–H groups in total. The van der Waals surface area contributed by atoms with Gasteiger partial charge in [0, 0.05) is 27.5 Å². The van der Waals surface area contributed by atoms with Gasteiger partial charge in [-0.25, -0.2) is 9.97 Å². The van der Waals surface area contributed by atoms with E-state index in [2.05, 4.69) is 185 Å². The molecule has 0 spiro atoms. The maximum Gasteiger partial charge on any atom is 0.160 e. The number of allylic oxidation sites excluding steroid dienone is 1. The van der Waals surface area contributed by atoms with Crippen LogP contribution >= 0.6 is 0 Å². The number of aromatic nitrogens is 2. The van der Waals surface area contributed by atoms with Gasteiger partial charge in [0.1, 0.15) is 0 Å². The molecule has 0 radical (unpaired) electrons. The molecular weight excluding hydrogens is 677 g/mol. The number of hydrogen-bond donors (Lipinski definition) is 0. The minimum absolute atomic E-state index is 0.107. The molecule has 10 rings (SSSR count). The zero-order valence-electron chi connectivity index (χ0n) is 32.2. The molecule has 2 aliphatic carbocycles. The Labute approximate surface area is 329 Å². The molecule has 2 nitrogen and oxygen atoms in total. The molecule has 0 saturated carbocycles. The molecule has 1 heterocycles. The smallest absolute Gasteiger partial charge is 0.160 e. The zero-order valence-corrected chi connectivity index (χ0v) is 32.2. The summed E-state index contributed by atoms with van der Waals surface area (Å²) in [6.45, 7) is 9.59. The van der Waals surface area contributed by atoms with Crippen LogP contribution in [0.15, 0.2) is 182 Å². The van der Waals surface area contributed by atoms with E-state index in [0.717, 1.165) is 33.9 Å². The monoisotopic (exact) mass is 718 g/mol. The lowest BCUT2D eigenvalue weighted by Crippen LogP contribution is -2.23. The van der Waals surface area contributed by atoms with E-state index in [1.807, 2.05) is 24.3 Å². The first-order valence-electron chi connectivity index (χ1n) is 19.6. The van der Waals surface area contributed by atoms with Gasteiger partial charge in [-0.15, -0.1) is 0 Å². The van der Waals surface area contributed by atoms with Crippen LogP contribution in [0.4, 0.5) is 0 Å². The van der Waals surface area contributed by atoms with Crippen molar-refractivity contribution in [2.24, 2.45) is 0 Å². The van der Waals surface area contributed by atoms with Gasteiger partial charge in [0.25, 0.3) is 0 Å². The molecule has 1 aromatic heterocycles. The first-order valence-corrected chi connectivity index (χ1v) is 19.6. The molecule has 8 aromatic rings. The van der Waals surface area contributed by atoms with Crippen LogP contribution in [0.2, 0.25) is 0 Å². The number of hydrogen-bond acceptors (Lipinski definition) is 2.